The third kappa shape index (κ3) is 4.53. The third-order valence-electron chi connectivity index (χ3n) is 6.48. The molecule has 3 heteroatoms. The van der Waals surface area contributed by atoms with E-state index in [0.29, 0.717) is 0 Å². The Labute approximate surface area is 163 Å². The number of piperazine rings is 1. The van der Waals surface area contributed by atoms with Gasteiger partial charge < -0.3 is 4.74 Å². The molecule has 2 aromatic rings. The van der Waals surface area contributed by atoms with Crippen molar-refractivity contribution in [2.45, 2.75) is 44.2 Å². The smallest absolute Gasteiger partial charge is 0.123 e. The lowest BCUT2D eigenvalue weighted by molar-refractivity contribution is 0.0723. The van der Waals surface area contributed by atoms with Gasteiger partial charge in [-0.15, -0.1) is 0 Å². The summed E-state index contributed by atoms with van der Waals surface area (Å²) in [5.41, 5.74) is 2.84. The van der Waals surface area contributed by atoms with Crippen LogP contribution in [0, 0.1) is 0 Å². The van der Waals surface area contributed by atoms with Crippen LogP contribution in [0.4, 0.5) is 0 Å². The zero-order valence-corrected chi connectivity index (χ0v) is 16.5. The van der Waals surface area contributed by atoms with Gasteiger partial charge in [0.15, 0.2) is 0 Å². The van der Waals surface area contributed by atoms with Crippen LogP contribution in [0.15, 0.2) is 54.6 Å². The molecule has 0 spiro atoms. The zero-order valence-electron chi connectivity index (χ0n) is 16.5. The molecule has 1 saturated heterocycles. The monoisotopic (exact) mass is 364 g/mol. The van der Waals surface area contributed by atoms with Gasteiger partial charge in [0.05, 0.1) is 7.11 Å². The van der Waals surface area contributed by atoms with Crippen molar-refractivity contribution in [3.8, 4) is 5.75 Å². The predicted octanol–water partition coefficient (Wildman–Crippen LogP) is 4.54. The fourth-order valence-electron chi connectivity index (χ4n) is 4.86. The van der Waals surface area contributed by atoms with Gasteiger partial charge in [0.25, 0.3) is 0 Å². The number of para-hydroxylation sites is 1. The lowest BCUT2D eigenvalue weighted by atomic mass is 9.81. The minimum absolute atomic E-state index is 0.772. The molecule has 1 aliphatic heterocycles. The molecule has 3 nitrogen and oxygen atoms in total. The van der Waals surface area contributed by atoms with Crippen molar-refractivity contribution < 1.29 is 4.74 Å². The van der Waals surface area contributed by atoms with Gasteiger partial charge >= 0.3 is 0 Å². The number of hydrogen-bond acceptors (Lipinski definition) is 3. The predicted molar refractivity (Wildman–Crippen MR) is 111 cm³/mol. The first-order chi connectivity index (χ1) is 13.3. The second-order valence-corrected chi connectivity index (χ2v) is 8.04. The Morgan fingerprint density at radius 2 is 1.48 bits per heavy atom. The number of methoxy groups -OCH3 is 1. The van der Waals surface area contributed by atoms with E-state index in [0.717, 1.165) is 37.3 Å². The van der Waals surface area contributed by atoms with Crippen molar-refractivity contribution in [3.63, 3.8) is 0 Å². The molecule has 0 atom stereocenters. The molecule has 0 amide bonds. The second-order valence-electron chi connectivity index (χ2n) is 8.04. The van der Waals surface area contributed by atoms with Gasteiger partial charge in [0, 0.05) is 44.3 Å². The molecule has 1 heterocycles. The van der Waals surface area contributed by atoms with Crippen molar-refractivity contribution in [1.82, 2.24) is 9.80 Å². The molecular weight excluding hydrogens is 332 g/mol. The average Bonchev–Trinajstić information content (AvgIpc) is 2.75. The van der Waals surface area contributed by atoms with E-state index < -0.39 is 0 Å². The van der Waals surface area contributed by atoms with E-state index in [4.69, 9.17) is 4.74 Å². The SMILES string of the molecule is COc1ccccc1CN1CCN(C2CCC(c3ccccc3)CC2)CC1. The van der Waals surface area contributed by atoms with Crippen LogP contribution < -0.4 is 4.74 Å². The first kappa shape index (κ1) is 18.5. The van der Waals surface area contributed by atoms with Gasteiger partial charge in [0.2, 0.25) is 0 Å². The summed E-state index contributed by atoms with van der Waals surface area (Å²) < 4.78 is 5.51. The summed E-state index contributed by atoms with van der Waals surface area (Å²) in [5.74, 6) is 1.79. The summed E-state index contributed by atoms with van der Waals surface area (Å²) in [5, 5.41) is 0. The fourth-order valence-corrected chi connectivity index (χ4v) is 4.86. The molecule has 0 N–H and O–H groups in total. The molecule has 2 fully saturated rings. The van der Waals surface area contributed by atoms with Crippen molar-refractivity contribution in [2.24, 2.45) is 0 Å². The van der Waals surface area contributed by atoms with Crippen LogP contribution in [0.3, 0.4) is 0 Å². The number of rotatable bonds is 5. The molecule has 1 aliphatic carbocycles. The maximum absolute atomic E-state index is 5.51. The van der Waals surface area contributed by atoms with Crippen molar-refractivity contribution >= 4 is 0 Å². The van der Waals surface area contributed by atoms with E-state index in [1.165, 1.54) is 49.9 Å². The van der Waals surface area contributed by atoms with Crippen LogP contribution in [-0.4, -0.2) is 49.1 Å². The second kappa shape index (κ2) is 8.90. The van der Waals surface area contributed by atoms with E-state index >= 15 is 0 Å². The molecular formula is C24H32N2O. The van der Waals surface area contributed by atoms with Crippen LogP contribution in [0.5, 0.6) is 5.75 Å². The van der Waals surface area contributed by atoms with E-state index in [9.17, 15) is 0 Å². The van der Waals surface area contributed by atoms with Crippen LogP contribution in [-0.2, 0) is 6.54 Å². The number of nitrogens with zero attached hydrogens (tertiary/aromatic N) is 2. The topological polar surface area (TPSA) is 15.7 Å². The number of hydrogen-bond donors (Lipinski definition) is 0. The van der Waals surface area contributed by atoms with Gasteiger partial charge in [-0.1, -0.05) is 48.5 Å². The van der Waals surface area contributed by atoms with Gasteiger partial charge in [-0.25, -0.2) is 0 Å². The van der Waals surface area contributed by atoms with E-state index in [-0.39, 0.29) is 0 Å². The molecule has 144 valence electrons. The molecule has 2 aliphatic rings. The average molecular weight is 365 g/mol. The quantitative estimate of drug-likeness (QED) is 0.775. The lowest BCUT2D eigenvalue weighted by Gasteiger charge is -2.42. The minimum atomic E-state index is 0.772. The highest BCUT2D eigenvalue weighted by Crippen LogP contribution is 2.35. The van der Waals surface area contributed by atoms with E-state index in [2.05, 4.69) is 58.3 Å². The molecule has 0 radical (unpaired) electrons. The maximum Gasteiger partial charge on any atom is 0.123 e. The summed E-state index contributed by atoms with van der Waals surface area (Å²) in [6.07, 6.45) is 5.39. The van der Waals surface area contributed by atoms with E-state index in [1.54, 1.807) is 7.11 Å². The Morgan fingerprint density at radius 1 is 0.815 bits per heavy atom. The molecule has 0 unspecified atom stereocenters. The third-order valence-corrected chi connectivity index (χ3v) is 6.48. The van der Waals surface area contributed by atoms with Gasteiger partial charge in [-0.05, 0) is 43.2 Å². The Bertz CT molecular complexity index is 701. The first-order valence-corrected chi connectivity index (χ1v) is 10.5. The highest BCUT2D eigenvalue weighted by atomic mass is 16.5. The first-order valence-electron chi connectivity index (χ1n) is 10.5. The molecule has 1 saturated carbocycles. The zero-order chi connectivity index (χ0) is 18.5. The van der Waals surface area contributed by atoms with Crippen LogP contribution in [0.25, 0.3) is 0 Å². The normalized spacial score (nSPS) is 24.6. The summed E-state index contributed by atoms with van der Waals surface area (Å²) >= 11 is 0. The largest absolute Gasteiger partial charge is 0.496 e. The summed E-state index contributed by atoms with van der Waals surface area (Å²) in [6, 6.07) is 20.3. The minimum Gasteiger partial charge on any atom is -0.496 e. The lowest BCUT2D eigenvalue weighted by Crippen LogP contribution is -2.50. The molecule has 27 heavy (non-hydrogen) atoms. The highest BCUT2D eigenvalue weighted by molar-refractivity contribution is 5.33. The molecule has 4 rings (SSSR count). The van der Waals surface area contributed by atoms with E-state index in [1.807, 2.05) is 6.07 Å². The van der Waals surface area contributed by atoms with Gasteiger partial charge in [-0.3, -0.25) is 9.80 Å². The fraction of sp³-hybridized carbons (Fsp3) is 0.500. The Kier molecular flexibility index (Phi) is 6.10. The number of benzene rings is 2. The summed E-state index contributed by atoms with van der Waals surface area (Å²) in [7, 11) is 1.77. The van der Waals surface area contributed by atoms with Crippen LogP contribution >= 0.6 is 0 Å². The van der Waals surface area contributed by atoms with Crippen molar-refractivity contribution in [1.29, 1.82) is 0 Å². The summed E-state index contributed by atoms with van der Waals surface area (Å²) in [4.78, 5) is 5.32. The summed E-state index contributed by atoms with van der Waals surface area (Å²) in [6.45, 7) is 5.73. The molecule has 0 bridgehead atoms. The van der Waals surface area contributed by atoms with Crippen molar-refractivity contribution in [3.05, 3.63) is 65.7 Å². The number of ether oxygens (including phenoxy) is 1. The standard InChI is InChI=1S/C24H32N2O/c1-27-24-10-6-5-9-22(24)19-25-15-17-26(18-16-25)23-13-11-21(12-14-23)20-7-3-2-4-8-20/h2-10,21,23H,11-19H2,1H3. The Balaban J connectivity index is 1.25. The Hall–Kier alpha value is -1.84. The van der Waals surface area contributed by atoms with Gasteiger partial charge in [-0.2, -0.15) is 0 Å². The molecule has 2 aromatic carbocycles. The van der Waals surface area contributed by atoms with Crippen molar-refractivity contribution in [2.75, 3.05) is 33.3 Å². The van der Waals surface area contributed by atoms with Crippen LogP contribution in [0.2, 0.25) is 0 Å². The highest BCUT2D eigenvalue weighted by Gasteiger charge is 2.28. The van der Waals surface area contributed by atoms with Crippen LogP contribution in [0.1, 0.15) is 42.7 Å². The maximum atomic E-state index is 5.51. The molecule has 0 aromatic heterocycles. The Morgan fingerprint density at radius 3 is 2.19 bits per heavy atom. The van der Waals surface area contributed by atoms with Gasteiger partial charge in [0.1, 0.15) is 5.75 Å².